The molecule has 5 nitrogen and oxygen atoms in total. The molecule has 0 saturated carbocycles. The SMILES string of the molecule is C[C@@H]1O[C@H]2OC(C)(C)O[C@H]2[C@H]2OC(C)(C)O[C@@H]21. The average Bonchev–Trinajstić information content (AvgIpc) is 2.62. The highest BCUT2D eigenvalue weighted by molar-refractivity contribution is 4.98. The lowest BCUT2D eigenvalue weighted by Crippen LogP contribution is -2.53. The zero-order valence-corrected chi connectivity index (χ0v) is 10.9. The Bertz CT molecular complexity index is 327. The van der Waals surface area contributed by atoms with Crippen molar-refractivity contribution in [3.63, 3.8) is 0 Å². The Labute approximate surface area is 101 Å². The Morgan fingerprint density at radius 1 is 0.706 bits per heavy atom. The summed E-state index contributed by atoms with van der Waals surface area (Å²) >= 11 is 0. The molecule has 0 aliphatic carbocycles. The van der Waals surface area contributed by atoms with Gasteiger partial charge in [0, 0.05) is 0 Å². The Hall–Kier alpha value is -0.200. The van der Waals surface area contributed by atoms with E-state index in [9.17, 15) is 0 Å². The van der Waals surface area contributed by atoms with E-state index in [-0.39, 0.29) is 30.7 Å². The van der Waals surface area contributed by atoms with E-state index in [1.165, 1.54) is 0 Å². The van der Waals surface area contributed by atoms with Gasteiger partial charge in [0.05, 0.1) is 6.10 Å². The van der Waals surface area contributed by atoms with E-state index < -0.39 is 11.6 Å². The molecule has 0 amide bonds. The molecule has 5 heteroatoms. The van der Waals surface area contributed by atoms with Gasteiger partial charge in [0.1, 0.15) is 18.3 Å². The first-order valence-corrected chi connectivity index (χ1v) is 6.14. The smallest absolute Gasteiger partial charge is 0.190 e. The van der Waals surface area contributed by atoms with Gasteiger partial charge in [-0.3, -0.25) is 0 Å². The van der Waals surface area contributed by atoms with E-state index in [1.54, 1.807) is 0 Å². The van der Waals surface area contributed by atoms with Crippen LogP contribution in [0, 0.1) is 0 Å². The second-order valence-electron chi connectivity index (χ2n) is 5.87. The van der Waals surface area contributed by atoms with E-state index >= 15 is 0 Å². The summed E-state index contributed by atoms with van der Waals surface area (Å²) in [6.07, 6.45) is -0.850. The summed E-state index contributed by atoms with van der Waals surface area (Å²) in [6, 6.07) is 0. The van der Waals surface area contributed by atoms with Gasteiger partial charge < -0.3 is 23.7 Å². The van der Waals surface area contributed by atoms with Crippen LogP contribution in [0.15, 0.2) is 0 Å². The number of rotatable bonds is 0. The van der Waals surface area contributed by atoms with Crippen LogP contribution in [0.25, 0.3) is 0 Å². The Morgan fingerprint density at radius 2 is 1.24 bits per heavy atom. The van der Waals surface area contributed by atoms with Gasteiger partial charge in [-0.2, -0.15) is 0 Å². The van der Waals surface area contributed by atoms with Crippen molar-refractivity contribution in [2.24, 2.45) is 0 Å². The fraction of sp³-hybridized carbons (Fsp3) is 1.00. The molecule has 0 spiro atoms. The van der Waals surface area contributed by atoms with Crippen LogP contribution in [-0.2, 0) is 23.7 Å². The second-order valence-corrected chi connectivity index (χ2v) is 5.87. The molecule has 5 atom stereocenters. The third kappa shape index (κ3) is 1.90. The van der Waals surface area contributed by atoms with Crippen LogP contribution in [0.3, 0.4) is 0 Å². The van der Waals surface area contributed by atoms with Crippen molar-refractivity contribution in [2.45, 2.75) is 76.9 Å². The van der Waals surface area contributed by atoms with Gasteiger partial charge >= 0.3 is 0 Å². The molecule has 17 heavy (non-hydrogen) atoms. The monoisotopic (exact) mass is 244 g/mol. The highest BCUT2D eigenvalue weighted by Crippen LogP contribution is 2.43. The summed E-state index contributed by atoms with van der Waals surface area (Å²) in [5, 5.41) is 0. The van der Waals surface area contributed by atoms with Gasteiger partial charge in [-0.25, -0.2) is 0 Å². The molecule has 3 heterocycles. The summed E-state index contributed by atoms with van der Waals surface area (Å²) in [6.45, 7) is 9.57. The zero-order chi connectivity index (χ0) is 12.4. The standard InChI is InChI=1S/C12H20O5/c1-6-7-8(15-11(2,3)14-7)9-10(13-6)17-12(4,5)16-9/h6-10H,1-5H3/t6-,7+,8-,9-,10-/m0/s1. The lowest BCUT2D eigenvalue weighted by molar-refractivity contribution is -0.229. The Balaban J connectivity index is 1.86. The highest BCUT2D eigenvalue weighted by atomic mass is 16.9. The first kappa shape index (κ1) is 11.9. The number of hydrogen-bond acceptors (Lipinski definition) is 5. The lowest BCUT2D eigenvalue weighted by atomic mass is 10.0. The van der Waals surface area contributed by atoms with Crippen molar-refractivity contribution in [1.29, 1.82) is 0 Å². The fourth-order valence-corrected chi connectivity index (χ4v) is 2.81. The van der Waals surface area contributed by atoms with E-state index in [2.05, 4.69) is 0 Å². The largest absolute Gasteiger partial charge is 0.344 e. The molecule has 0 unspecified atom stereocenters. The first-order valence-electron chi connectivity index (χ1n) is 6.14. The maximum Gasteiger partial charge on any atom is 0.190 e. The predicted octanol–water partition coefficient (Wildman–Crippen LogP) is 1.40. The quantitative estimate of drug-likeness (QED) is 0.644. The molecule has 3 aliphatic heterocycles. The predicted molar refractivity (Wildman–Crippen MR) is 58.2 cm³/mol. The van der Waals surface area contributed by atoms with Crippen molar-refractivity contribution >= 4 is 0 Å². The lowest BCUT2D eigenvalue weighted by Gasteiger charge is -2.35. The van der Waals surface area contributed by atoms with Gasteiger partial charge in [-0.05, 0) is 34.6 Å². The fourth-order valence-electron chi connectivity index (χ4n) is 2.81. The van der Waals surface area contributed by atoms with E-state index in [4.69, 9.17) is 23.7 Å². The minimum atomic E-state index is -0.625. The van der Waals surface area contributed by atoms with Crippen LogP contribution < -0.4 is 0 Å². The molecule has 0 aromatic heterocycles. The molecule has 3 rings (SSSR count). The molecule has 0 aromatic rings. The van der Waals surface area contributed by atoms with Crippen LogP contribution >= 0.6 is 0 Å². The average molecular weight is 244 g/mol. The van der Waals surface area contributed by atoms with Crippen LogP contribution in [0.5, 0.6) is 0 Å². The van der Waals surface area contributed by atoms with Gasteiger partial charge in [-0.1, -0.05) is 0 Å². The summed E-state index contributed by atoms with van der Waals surface area (Å²) in [4.78, 5) is 0. The summed E-state index contributed by atoms with van der Waals surface area (Å²) < 4.78 is 29.2. The molecule has 0 radical (unpaired) electrons. The molecule has 0 aromatic carbocycles. The third-order valence-corrected chi connectivity index (χ3v) is 3.39. The molecule has 3 saturated heterocycles. The molecule has 3 fully saturated rings. The molecule has 3 aliphatic rings. The molecular weight excluding hydrogens is 224 g/mol. The molecular formula is C12H20O5. The minimum Gasteiger partial charge on any atom is -0.344 e. The molecule has 98 valence electrons. The van der Waals surface area contributed by atoms with Crippen LogP contribution in [0.2, 0.25) is 0 Å². The van der Waals surface area contributed by atoms with E-state index in [0.29, 0.717) is 0 Å². The zero-order valence-electron chi connectivity index (χ0n) is 10.9. The van der Waals surface area contributed by atoms with E-state index in [1.807, 2.05) is 34.6 Å². The molecule has 0 bridgehead atoms. The Morgan fingerprint density at radius 3 is 1.94 bits per heavy atom. The summed E-state index contributed by atoms with van der Waals surface area (Å²) in [5.74, 6) is -1.21. The van der Waals surface area contributed by atoms with Crippen LogP contribution in [0.1, 0.15) is 34.6 Å². The van der Waals surface area contributed by atoms with Gasteiger partial charge in [0.15, 0.2) is 17.9 Å². The topological polar surface area (TPSA) is 46.2 Å². The maximum atomic E-state index is 5.92. The highest BCUT2D eigenvalue weighted by Gasteiger charge is 2.59. The first-order chi connectivity index (χ1) is 7.77. The van der Waals surface area contributed by atoms with Crippen molar-refractivity contribution in [2.75, 3.05) is 0 Å². The van der Waals surface area contributed by atoms with Crippen molar-refractivity contribution < 1.29 is 23.7 Å². The Kier molecular flexibility index (Phi) is 2.39. The maximum absolute atomic E-state index is 5.92. The summed E-state index contributed by atoms with van der Waals surface area (Å²) in [5.41, 5.74) is 0. The number of fused-ring (bicyclic) bond motifs is 3. The van der Waals surface area contributed by atoms with Crippen molar-refractivity contribution in [3.05, 3.63) is 0 Å². The van der Waals surface area contributed by atoms with Crippen LogP contribution in [0.4, 0.5) is 0 Å². The van der Waals surface area contributed by atoms with Crippen molar-refractivity contribution in [1.82, 2.24) is 0 Å². The minimum absolute atomic E-state index is 0.0551. The third-order valence-electron chi connectivity index (χ3n) is 3.39. The van der Waals surface area contributed by atoms with Crippen LogP contribution in [-0.4, -0.2) is 42.3 Å². The van der Waals surface area contributed by atoms with Crippen molar-refractivity contribution in [3.8, 4) is 0 Å². The van der Waals surface area contributed by atoms with Gasteiger partial charge in [0.25, 0.3) is 0 Å². The van der Waals surface area contributed by atoms with Gasteiger partial charge in [-0.15, -0.1) is 0 Å². The number of ether oxygens (including phenoxy) is 5. The molecule has 0 N–H and O–H groups in total. The number of hydrogen-bond donors (Lipinski definition) is 0. The normalized spacial score (nSPS) is 51.0. The summed E-state index contributed by atoms with van der Waals surface area (Å²) in [7, 11) is 0. The second kappa shape index (κ2) is 3.42. The van der Waals surface area contributed by atoms with E-state index in [0.717, 1.165) is 0 Å². The van der Waals surface area contributed by atoms with Gasteiger partial charge in [0.2, 0.25) is 0 Å².